The van der Waals surface area contributed by atoms with E-state index in [0.29, 0.717) is 12.8 Å². The largest absolute Gasteiger partial charge is 0.386 e. The fourth-order valence-corrected chi connectivity index (χ4v) is 4.24. The van der Waals surface area contributed by atoms with Gasteiger partial charge >= 0.3 is 0 Å². The average molecular weight is 247 g/mol. The molecule has 0 radical (unpaired) electrons. The summed E-state index contributed by atoms with van der Waals surface area (Å²) in [5, 5.41) is 8.65. The lowest BCUT2D eigenvalue weighted by molar-refractivity contribution is -0.152. The molecular formula is C10H17NO4S. The van der Waals surface area contributed by atoms with Crippen molar-refractivity contribution in [2.75, 3.05) is 18.8 Å². The lowest BCUT2D eigenvalue weighted by Gasteiger charge is -2.45. The number of sulfone groups is 1. The van der Waals surface area contributed by atoms with Crippen molar-refractivity contribution < 1.29 is 18.3 Å². The maximum atomic E-state index is 11.9. The van der Waals surface area contributed by atoms with E-state index in [1.807, 2.05) is 0 Å². The van der Waals surface area contributed by atoms with Crippen molar-refractivity contribution in [1.82, 2.24) is 4.90 Å². The van der Waals surface area contributed by atoms with E-state index in [1.165, 1.54) is 4.90 Å². The highest BCUT2D eigenvalue weighted by atomic mass is 32.2. The van der Waals surface area contributed by atoms with E-state index in [9.17, 15) is 18.3 Å². The van der Waals surface area contributed by atoms with Gasteiger partial charge < -0.3 is 10.0 Å². The molecule has 2 saturated heterocycles. The van der Waals surface area contributed by atoms with E-state index in [1.54, 1.807) is 6.92 Å². The van der Waals surface area contributed by atoms with Gasteiger partial charge in [-0.15, -0.1) is 0 Å². The highest BCUT2D eigenvalue weighted by molar-refractivity contribution is 7.92. The number of carbonyl (C=O) groups is 1. The summed E-state index contributed by atoms with van der Waals surface area (Å²) in [4.78, 5) is 13.4. The minimum atomic E-state index is -3.25. The van der Waals surface area contributed by atoms with Gasteiger partial charge in [0.25, 0.3) is 0 Å². The number of amides is 1. The van der Waals surface area contributed by atoms with E-state index < -0.39 is 20.7 Å². The second kappa shape index (κ2) is 3.70. The Morgan fingerprint density at radius 2 is 2.00 bits per heavy atom. The topological polar surface area (TPSA) is 74.7 Å². The molecule has 2 fully saturated rings. The molecule has 2 rings (SSSR count). The van der Waals surface area contributed by atoms with Crippen molar-refractivity contribution in [1.29, 1.82) is 0 Å². The zero-order valence-corrected chi connectivity index (χ0v) is 10.2. The summed E-state index contributed by atoms with van der Waals surface area (Å²) in [5.41, 5.74) is -0.839. The van der Waals surface area contributed by atoms with Crippen molar-refractivity contribution in [3.8, 4) is 0 Å². The molecule has 5 nitrogen and oxygen atoms in total. The number of aliphatic hydroxyl groups is 1. The van der Waals surface area contributed by atoms with Crippen LogP contribution in [-0.4, -0.2) is 54.0 Å². The Balaban J connectivity index is 2.05. The Labute approximate surface area is 95.4 Å². The van der Waals surface area contributed by atoms with Crippen LogP contribution in [-0.2, 0) is 14.6 Å². The molecule has 16 heavy (non-hydrogen) atoms. The smallest absolute Gasteiger partial charge is 0.241 e. The summed E-state index contributed by atoms with van der Waals surface area (Å²) in [5.74, 6) is -0.209. The van der Waals surface area contributed by atoms with Crippen LogP contribution in [0.3, 0.4) is 0 Å². The fraction of sp³-hybridized carbons (Fsp3) is 0.900. The molecule has 0 aromatic carbocycles. The quantitative estimate of drug-likeness (QED) is 0.681. The molecule has 0 bridgehead atoms. The normalized spacial score (nSPS) is 31.9. The molecule has 1 unspecified atom stereocenters. The van der Waals surface area contributed by atoms with Crippen LogP contribution in [0.15, 0.2) is 0 Å². The highest BCUT2D eigenvalue weighted by Gasteiger charge is 2.45. The van der Waals surface area contributed by atoms with E-state index in [2.05, 4.69) is 0 Å². The van der Waals surface area contributed by atoms with Crippen LogP contribution in [0.1, 0.15) is 26.2 Å². The maximum absolute atomic E-state index is 11.9. The first-order chi connectivity index (χ1) is 7.32. The molecule has 2 aliphatic rings. The van der Waals surface area contributed by atoms with Crippen LogP contribution < -0.4 is 0 Å². The van der Waals surface area contributed by atoms with Gasteiger partial charge in [0.05, 0.1) is 24.4 Å². The van der Waals surface area contributed by atoms with Gasteiger partial charge in [0, 0.05) is 0 Å². The third-order valence-corrected chi connectivity index (χ3v) is 5.39. The summed E-state index contributed by atoms with van der Waals surface area (Å²) in [6.07, 6.45) is 1.88. The Kier molecular flexibility index (Phi) is 2.74. The van der Waals surface area contributed by atoms with Crippen LogP contribution >= 0.6 is 0 Å². The van der Waals surface area contributed by atoms with E-state index in [-0.39, 0.29) is 24.7 Å². The zero-order chi connectivity index (χ0) is 12.0. The van der Waals surface area contributed by atoms with Crippen LogP contribution in [0.5, 0.6) is 0 Å². The molecule has 0 spiro atoms. The van der Waals surface area contributed by atoms with Crippen LogP contribution in [0.2, 0.25) is 0 Å². The second-order valence-electron chi connectivity index (χ2n) is 5.04. The highest BCUT2D eigenvalue weighted by Crippen LogP contribution is 2.26. The second-order valence-corrected chi connectivity index (χ2v) is 7.35. The Morgan fingerprint density at radius 1 is 1.38 bits per heavy atom. The first-order valence-corrected chi connectivity index (χ1v) is 7.26. The number of carbonyl (C=O) groups excluding carboxylic acids is 1. The molecule has 6 heteroatoms. The Hall–Kier alpha value is -0.620. The van der Waals surface area contributed by atoms with E-state index in [4.69, 9.17) is 0 Å². The molecule has 1 N–H and O–H groups in total. The summed E-state index contributed by atoms with van der Waals surface area (Å²) in [6, 6.07) is 0. The standard InChI is InChI=1S/C10H17NO4S/c1-10(13)6-11(7-10)9(12)8-4-2-3-5-16(8,14)15/h8,13H,2-7H2,1H3. The average Bonchev–Trinajstić information content (AvgIpc) is 2.12. The molecule has 0 saturated carbocycles. The number of nitrogens with zero attached hydrogens (tertiary/aromatic N) is 1. The molecule has 0 aliphatic carbocycles. The Bertz CT molecular complexity index is 393. The van der Waals surface area contributed by atoms with Crippen LogP contribution in [0.25, 0.3) is 0 Å². The van der Waals surface area contributed by atoms with E-state index >= 15 is 0 Å². The maximum Gasteiger partial charge on any atom is 0.241 e. The summed E-state index contributed by atoms with van der Waals surface area (Å²) in [7, 11) is -3.25. The number of β-amino-alcohol motifs (C(OH)–C–C–N with tert-alkyl or cyclic N) is 1. The summed E-state index contributed by atoms with van der Waals surface area (Å²) < 4.78 is 23.4. The number of hydrogen-bond donors (Lipinski definition) is 1. The predicted molar refractivity (Wildman–Crippen MR) is 58.6 cm³/mol. The minimum absolute atomic E-state index is 0.119. The number of hydrogen-bond acceptors (Lipinski definition) is 4. The van der Waals surface area contributed by atoms with Crippen molar-refractivity contribution >= 4 is 15.7 Å². The van der Waals surface area contributed by atoms with Crippen LogP contribution in [0, 0.1) is 0 Å². The van der Waals surface area contributed by atoms with Gasteiger partial charge in [0.15, 0.2) is 9.84 Å². The fourth-order valence-electron chi connectivity index (χ4n) is 2.37. The predicted octanol–water partition coefficient (Wildman–Crippen LogP) is -0.453. The Morgan fingerprint density at radius 3 is 2.50 bits per heavy atom. The third kappa shape index (κ3) is 2.08. The number of likely N-dealkylation sites (tertiary alicyclic amines) is 1. The van der Waals surface area contributed by atoms with Crippen molar-refractivity contribution in [2.45, 2.75) is 37.0 Å². The molecule has 0 aromatic rings. The minimum Gasteiger partial charge on any atom is -0.386 e. The zero-order valence-electron chi connectivity index (χ0n) is 9.35. The van der Waals surface area contributed by atoms with Gasteiger partial charge in [-0.3, -0.25) is 4.79 Å². The van der Waals surface area contributed by atoms with Crippen LogP contribution in [0.4, 0.5) is 0 Å². The van der Waals surface area contributed by atoms with Crippen molar-refractivity contribution in [2.24, 2.45) is 0 Å². The van der Waals surface area contributed by atoms with Gasteiger partial charge in [-0.1, -0.05) is 6.42 Å². The molecular weight excluding hydrogens is 230 g/mol. The van der Waals surface area contributed by atoms with Gasteiger partial charge in [0.1, 0.15) is 5.25 Å². The molecule has 0 aromatic heterocycles. The van der Waals surface area contributed by atoms with Gasteiger partial charge in [0.2, 0.25) is 5.91 Å². The molecule has 2 heterocycles. The SMILES string of the molecule is CC1(O)CN(C(=O)C2CCCCS2(=O)=O)C1. The molecule has 1 atom stereocenters. The first kappa shape index (κ1) is 11.9. The molecule has 2 aliphatic heterocycles. The van der Waals surface area contributed by atoms with Gasteiger partial charge in [-0.2, -0.15) is 0 Å². The lowest BCUT2D eigenvalue weighted by atomic mass is 9.96. The van der Waals surface area contributed by atoms with Gasteiger partial charge in [-0.25, -0.2) is 8.42 Å². The molecule has 92 valence electrons. The third-order valence-electron chi connectivity index (χ3n) is 3.23. The summed E-state index contributed by atoms with van der Waals surface area (Å²) in [6.45, 7) is 2.14. The lowest BCUT2D eigenvalue weighted by Crippen LogP contribution is -2.64. The molecule has 1 amide bonds. The monoisotopic (exact) mass is 247 g/mol. The number of rotatable bonds is 1. The van der Waals surface area contributed by atoms with Crippen molar-refractivity contribution in [3.63, 3.8) is 0 Å². The van der Waals surface area contributed by atoms with Gasteiger partial charge in [-0.05, 0) is 19.8 Å². The summed E-state index contributed by atoms with van der Waals surface area (Å²) >= 11 is 0. The van der Waals surface area contributed by atoms with Crippen molar-refractivity contribution in [3.05, 3.63) is 0 Å². The first-order valence-electron chi connectivity index (χ1n) is 5.55. The van der Waals surface area contributed by atoms with E-state index in [0.717, 1.165) is 6.42 Å².